The van der Waals surface area contributed by atoms with Crippen molar-refractivity contribution in [3.8, 4) is 0 Å². The van der Waals surface area contributed by atoms with Gasteiger partial charge in [0.05, 0.1) is 10.5 Å². The van der Waals surface area contributed by atoms with Crippen molar-refractivity contribution in [3.63, 3.8) is 0 Å². The van der Waals surface area contributed by atoms with Crippen LogP contribution in [0, 0.1) is 16.0 Å². The van der Waals surface area contributed by atoms with Crippen LogP contribution in [0.4, 0.5) is 10.7 Å². The first-order valence-corrected chi connectivity index (χ1v) is 9.34. The molecule has 0 radical (unpaired) electrons. The van der Waals surface area contributed by atoms with Gasteiger partial charge in [-0.3, -0.25) is 19.7 Å². The molecule has 2 amide bonds. The molecule has 1 aromatic carbocycles. The van der Waals surface area contributed by atoms with Crippen molar-refractivity contribution in [2.45, 2.75) is 26.2 Å². The third-order valence-corrected chi connectivity index (χ3v) is 5.70. The summed E-state index contributed by atoms with van der Waals surface area (Å²) in [7, 11) is 0. The van der Waals surface area contributed by atoms with E-state index in [1.165, 1.54) is 29.5 Å². The molecule has 7 nitrogen and oxygen atoms in total. The lowest BCUT2D eigenvalue weighted by Crippen LogP contribution is -2.18. The number of nitro benzene ring substituents is 1. The molecule has 140 valence electrons. The maximum absolute atomic E-state index is 12.3. The average molecular weight is 385 g/mol. The first-order valence-electron chi connectivity index (χ1n) is 8.53. The molecule has 2 aromatic rings. The Morgan fingerprint density at radius 3 is 2.67 bits per heavy atom. The second-order valence-electron chi connectivity index (χ2n) is 6.59. The number of nitrogens with two attached hydrogens (primary N) is 1. The molecule has 0 saturated heterocycles. The number of fused-ring (bicyclic) bond motifs is 1. The fraction of sp³-hybridized carbons (Fsp3) is 0.263. The molecule has 0 fully saturated rings. The van der Waals surface area contributed by atoms with E-state index in [2.05, 4.69) is 12.2 Å². The highest BCUT2D eigenvalue weighted by Crippen LogP contribution is 2.39. The number of hydrogen-bond donors (Lipinski definition) is 2. The Kier molecular flexibility index (Phi) is 5.36. The topological polar surface area (TPSA) is 115 Å². The first-order chi connectivity index (χ1) is 12.8. The molecule has 1 heterocycles. The second kappa shape index (κ2) is 7.71. The summed E-state index contributed by atoms with van der Waals surface area (Å²) < 4.78 is 0. The maximum Gasteiger partial charge on any atom is 0.269 e. The summed E-state index contributed by atoms with van der Waals surface area (Å²) in [5.74, 6) is -0.373. The predicted octanol–water partition coefficient (Wildman–Crippen LogP) is 3.53. The lowest BCUT2D eigenvalue weighted by atomic mass is 9.88. The number of nitro groups is 1. The Balaban J connectivity index is 1.76. The maximum atomic E-state index is 12.3. The number of carbonyl (C=O) groups is 2. The smallest absolute Gasteiger partial charge is 0.269 e. The molecule has 0 saturated carbocycles. The van der Waals surface area contributed by atoms with E-state index in [4.69, 9.17) is 5.73 Å². The molecular weight excluding hydrogens is 366 g/mol. The third-order valence-electron chi connectivity index (χ3n) is 4.53. The van der Waals surface area contributed by atoms with Crippen molar-refractivity contribution in [2.75, 3.05) is 5.32 Å². The van der Waals surface area contributed by atoms with Gasteiger partial charge in [-0.1, -0.05) is 6.92 Å². The Hall–Kier alpha value is -3.00. The van der Waals surface area contributed by atoms with E-state index in [-0.39, 0.29) is 11.6 Å². The number of thiophene rings is 1. The highest BCUT2D eigenvalue weighted by molar-refractivity contribution is 7.17. The van der Waals surface area contributed by atoms with Crippen molar-refractivity contribution in [3.05, 3.63) is 62.0 Å². The number of rotatable bonds is 5. The average Bonchev–Trinajstić information content (AvgIpc) is 2.97. The van der Waals surface area contributed by atoms with Gasteiger partial charge in [0, 0.05) is 23.1 Å². The number of anilines is 1. The van der Waals surface area contributed by atoms with Crippen LogP contribution in [0.25, 0.3) is 6.08 Å². The molecule has 1 aromatic heterocycles. The van der Waals surface area contributed by atoms with E-state index in [1.54, 1.807) is 18.2 Å². The summed E-state index contributed by atoms with van der Waals surface area (Å²) in [5, 5.41) is 13.9. The predicted molar refractivity (Wildman–Crippen MR) is 105 cm³/mol. The van der Waals surface area contributed by atoms with Crippen LogP contribution >= 0.6 is 11.3 Å². The molecule has 1 atom stereocenters. The van der Waals surface area contributed by atoms with E-state index in [9.17, 15) is 19.7 Å². The molecule has 0 unspecified atom stereocenters. The second-order valence-corrected chi connectivity index (χ2v) is 7.70. The monoisotopic (exact) mass is 385 g/mol. The van der Waals surface area contributed by atoms with Crippen LogP contribution < -0.4 is 11.1 Å². The summed E-state index contributed by atoms with van der Waals surface area (Å²) in [6, 6.07) is 5.86. The van der Waals surface area contributed by atoms with Gasteiger partial charge in [0.2, 0.25) is 5.91 Å². The molecule has 0 aliphatic heterocycles. The number of non-ortho nitro benzene ring substituents is 1. The van der Waals surface area contributed by atoms with Gasteiger partial charge in [0.25, 0.3) is 11.6 Å². The minimum atomic E-state index is -0.531. The van der Waals surface area contributed by atoms with E-state index in [0.29, 0.717) is 22.0 Å². The highest BCUT2D eigenvalue weighted by Gasteiger charge is 2.26. The Bertz CT molecular complexity index is 931. The number of amides is 2. The van der Waals surface area contributed by atoms with Crippen molar-refractivity contribution < 1.29 is 14.5 Å². The van der Waals surface area contributed by atoms with Crippen LogP contribution in [0.3, 0.4) is 0 Å². The zero-order valence-corrected chi connectivity index (χ0v) is 15.5. The van der Waals surface area contributed by atoms with Gasteiger partial charge in [-0.2, -0.15) is 0 Å². The van der Waals surface area contributed by atoms with Gasteiger partial charge in [0.1, 0.15) is 5.00 Å². The molecule has 3 N–H and O–H groups in total. The Morgan fingerprint density at radius 1 is 1.33 bits per heavy atom. The van der Waals surface area contributed by atoms with Gasteiger partial charge >= 0.3 is 0 Å². The van der Waals surface area contributed by atoms with E-state index in [1.807, 2.05) is 0 Å². The molecule has 1 aliphatic carbocycles. The standard InChI is InChI=1S/C19H19N3O4S/c1-11-2-8-14-15(10-11)27-19(17(14)18(20)24)21-16(23)9-5-12-3-6-13(7-4-12)22(25)26/h3-7,9,11H,2,8,10H2,1H3,(H2,20,24)(H,21,23)/b9-5-/t11-/m1/s1. The molecule has 3 rings (SSSR count). The van der Waals surface area contributed by atoms with Crippen LogP contribution in [0.5, 0.6) is 0 Å². The largest absolute Gasteiger partial charge is 0.365 e. The van der Waals surface area contributed by atoms with Crippen LogP contribution in [0.2, 0.25) is 0 Å². The minimum absolute atomic E-state index is 0.0129. The number of primary amides is 1. The van der Waals surface area contributed by atoms with E-state index in [0.717, 1.165) is 29.7 Å². The summed E-state index contributed by atoms with van der Waals surface area (Å²) in [6.45, 7) is 2.16. The molecule has 1 aliphatic rings. The molecule has 0 bridgehead atoms. The first kappa shape index (κ1) is 18.8. The van der Waals surface area contributed by atoms with Crippen LogP contribution in [-0.4, -0.2) is 16.7 Å². The van der Waals surface area contributed by atoms with Crippen molar-refractivity contribution in [2.24, 2.45) is 11.7 Å². The number of nitrogens with one attached hydrogen (secondary N) is 1. The fourth-order valence-corrected chi connectivity index (χ4v) is 4.55. The van der Waals surface area contributed by atoms with Crippen LogP contribution in [0.15, 0.2) is 30.3 Å². The van der Waals surface area contributed by atoms with Gasteiger partial charge < -0.3 is 11.1 Å². The zero-order chi connectivity index (χ0) is 19.6. The number of carbonyl (C=O) groups excluding carboxylic acids is 2. The highest BCUT2D eigenvalue weighted by atomic mass is 32.1. The van der Waals surface area contributed by atoms with Gasteiger partial charge in [-0.15, -0.1) is 11.3 Å². The third kappa shape index (κ3) is 4.22. The van der Waals surface area contributed by atoms with Gasteiger partial charge in [-0.05, 0) is 54.5 Å². The summed E-state index contributed by atoms with van der Waals surface area (Å²) >= 11 is 1.41. The van der Waals surface area contributed by atoms with Crippen LogP contribution in [0.1, 0.15) is 39.7 Å². The molecule has 27 heavy (non-hydrogen) atoms. The lowest BCUT2D eigenvalue weighted by molar-refractivity contribution is -0.384. The summed E-state index contributed by atoms with van der Waals surface area (Å²) in [6.07, 6.45) is 5.55. The van der Waals surface area contributed by atoms with E-state index < -0.39 is 10.8 Å². The van der Waals surface area contributed by atoms with Gasteiger partial charge in [0.15, 0.2) is 0 Å². The fourth-order valence-electron chi connectivity index (χ4n) is 3.13. The SMILES string of the molecule is C[C@@H]1CCc2c(sc(NC(=O)/C=C\c3ccc([N+](=O)[O-])cc3)c2C(N)=O)C1. The molecular formula is C19H19N3O4S. The van der Waals surface area contributed by atoms with Crippen molar-refractivity contribution >= 4 is 39.9 Å². The van der Waals surface area contributed by atoms with Crippen molar-refractivity contribution in [1.82, 2.24) is 0 Å². The normalized spacial score (nSPS) is 16.1. The number of nitrogens with zero attached hydrogens (tertiary/aromatic N) is 1. The van der Waals surface area contributed by atoms with E-state index >= 15 is 0 Å². The Morgan fingerprint density at radius 2 is 2.04 bits per heavy atom. The van der Waals surface area contributed by atoms with Crippen molar-refractivity contribution in [1.29, 1.82) is 0 Å². The quantitative estimate of drug-likeness (QED) is 0.465. The summed E-state index contributed by atoms with van der Waals surface area (Å²) in [4.78, 5) is 35.4. The zero-order valence-electron chi connectivity index (χ0n) is 14.7. The van der Waals surface area contributed by atoms with Crippen LogP contribution in [-0.2, 0) is 17.6 Å². The number of benzene rings is 1. The molecule has 0 spiro atoms. The summed E-state index contributed by atoms with van der Waals surface area (Å²) in [5.41, 5.74) is 7.56. The molecule has 8 heteroatoms. The minimum Gasteiger partial charge on any atom is -0.365 e. The Labute approximate surface area is 160 Å². The number of hydrogen-bond acceptors (Lipinski definition) is 5. The van der Waals surface area contributed by atoms with Gasteiger partial charge in [-0.25, -0.2) is 0 Å². The lowest BCUT2D eigenvalue weighted by Gasteiger charge is -2.18.